The number of aryl methyl sites for hydroxylation is 1. The number of benzene rings is 1. The molecule has 1 atom stereocenters. The molecule has 1 heterocycles. The molecule has 1 aromatic carbocycles. The first-order valence-corrected chi connectivity index (χ1v) is 6.38. The van der Waals surface area contributed by atoms with Crippen LogP contribution in [0.5, 0.6) is 0 Å². The van der Waals surface area contributed by atoms with E-state index in [1.807, 2.05) is 25.1 Å². The van der Waals surface area contributed by atoms with Crippen LogP contribution >= 0.6 is 23.8 Å². The number of hydrogen-bond acceptors (Lipinski definition) is 2. The summed E-state index contributed by atoms with van der Waals surface area (Å²) in [6.45, 7) is 2.79. The lowest BCUT2D eigenvalue weighted by atomic mass is 10.2. The van der Waals surface area contributed by atoms with Crippen molar-refractivity contribution >= 4 is 34.6 Å². The lowest BCUT2D eigenvalue weighted by Gasteiger charge is -2.24. The van der Waals surface area contributed by atoms with Gasteiger partial charge in [-0.3, -0.25) is 0 Å². The van der Waals surface area contributed by atoms with Gasteiger partial charge in [0.1, 0.15) is 6.23 Å². The van der Waals surface area contributed by atoms with Gasteiger partial charge in [0.05, 0.1) is 0 Å². The molecule has 0 aromatic heterocycles. The fourth-order valence-corrected chi connectivity index (χ4v) is 2.40. The van der Waals surface area contributed by atoms with E-state index in [2.05, 4.69) is 5.32 Å². The van der Waals surface area contributed by atoms with Gasteiger partial charge >= 0.3 is 0 Å². The molecule has 0 bridgehead atoms. The standard InChI is InChI=1S/C12H15ClN2OS/c1-8-4-5-9(13)7-10(8)14-12(17)15-6-2-3-11(15)16/h4-5,7,11,16H,2-3,6H2,1H3,(H,14,17)/t11-/m0/s1. The van der Waals surface area contributed by atoms with E-state index < -0.39 is 6.23 Å². The molecular formula is C12H15ClN2OS. The van der Waals surface area contributed by atoms with Gasteiger partial charge in [0.15, 0.2) is 5.11 Å². The topological polar surface area (TPSA) is 35.5 Å². The number of thiocarbonyl (C=S) groups is 1. The maximum atomic E-state index is 9.73. The molecule has 0 saturated carbocycles. The Morgan fingerprint density at radius 1 is 1.59 bits per heavy atom. The van der Waals surface area contributed by atoms with Crippen molar-refractivity contribution in [1.82, 2.24) is 4.90 Å². The summed E-state index contributed by atoms with van der Waals surface area (Å²) < 4.78 is 0. The van der Waals surface area contributed by atoms with Crippen molar-refractivity contribution in [3.05, 3.63) is 28.8 Å². The van der Waals surface area contributed by atoms with E-state index in [1.165, 1.54) is 0 Å². The zero-order chi connectivity index (χ0) is 12.4. The zero-order valence-corrected chi connectivity index (χ0v) is 11.2. The number of likely N-dealkylation sites (tertiary alicyclic amines) is 1. The minimum Gasteiger partial charge on any atom is -0.374 e. The normalized spacial score (nSPS) is 19.5. The molecule has 92 valence electrons. The van der Waals surface area contributed by atoms with Gasteiger partial charge < -0.3 is 15.3 Å². The second kappa shape index (κ2) is 5.21. The molecule has 1 aromatic rings. The molecule has 3 nitrogen and oxygen atoms in total. The molecule has 1 fully saturated rings. The first kappa shape index (κ1) is 12.6. The Morgan fingerprint density at radius 2 is 2.35 bits per heavy atom. The number of nitrogens with one attached hydrogen (secondary N) is 1. The number of anilines is 1. The van der Waals surface area contributed by atoms with Crippen LogP contribution in [0.3, 0.4) is 0 Å². The molecule has 0 aliphatic carbocycles. The number of aliphatic hydroxyl groups is 1. The van der Waals surface area contributed by atoms with Crippen molar-refractivity contribution in [1.29, 1.82) is 0 Å². The van der Waals surface area contributed by atoms with Crippen molar-refractivity contribution in [2.75, 3.05) is 11.9 Å². The van der Waals surface area contributed by atoms with E-state index in [-0.39, 0.29) is 0 Å². The molecule has 0 spiro atoms. The second-order valence-corrected chi connectivity index (χ2v) is 5.03. The SMILES string of the molecule is Cc1ccc(Cl)cc1NC(=S)N1CCC[C@@H]1O. The van der Waals surface area contributed by atoms with E-state index in [4.69, 9.17) is 23.8 Å². The zero-order valence-electron chi connectivity index (χ0n) is 9.61. The summed E-state index contributed by atoms with van der Waals surface area (Å²) in [5.74, 6) is 0. The third-order valence-corrected chi connectivity index (χ3v) is 3.49. The Kier molecular flexibility index (Phi) is 3.86. The van der Waals surface area contributed by atoms with Gasteiger partial charge in [-0.05, 0) is 49.7 Å². The van der Waals surface area contributed by atoms with Crippen LogP contribution in [-0.2, 0) is 0 Å². The van der Waals surface area contributed by atoms with Crippen LogP contribution < -0.4 is 5.32 Å². The summed E-state index contributed by atoms with van der Waals surface area (Å²) in [7, 11) is 0. The van der Waals surface area contributed by atoms with Crippen molar-refractivity contribution in [3.8, 4) is 0 Å². The Bertz CT molecular complexity index is 439. The first-order valence-electron chi connectivity index (χ1n) is 5.60. The van der Waals surface area contributed by atoms with E-state index >= 15 is 0 Å². The van der Waals surface area contributed by atoms with Crippen LogP contribution in [-0.4, -0.2) is 27.9 Å². The third kappa shape index (κ3) is 2.89. The highest BCUT2D eigenvalue weighted by Gasteiger charge is 2.24. The third-order valence-electron chi connectivity index (χ3n) is 2.92. The van der Waals surface area contributed by atoms with Crippen LogP contribution in [0.4, 0.5) is 5.69 Å². The maximum Gasteiger partial charge on any atom is 0.175 e. The Labute approximate surface area is 111 Å². The molecular weight excluding hydrogens is 256 g/mol. The van der Waals surface area contributed by atoms with E-state index in [0.717, 1.165) is 30.6 Å². The Balaban J connectivity index is 2.10. The van der Waals surface area contributed by atoms with Gasteiger partial charge in [-0.1, -0.05) is 17.7 Å². The van der Waals surface area contributed by atoms with Crippen molar-refractivity contribution < 1.29 is 5.11 Å². The smallest absolute Gasteiger partial charge is 0.175 e. The van der Waals surface area contributed by atoms with Crippen LogP contribution in [0.15, 0.2) is 18.2 Å². The predicted molar refractivity (Wildman–Crippen MR) is 74.4 cm³/mol. The highest BCUT2D eigenvalue weighted by atomic mass is 35.5. The quantitative estimate of drug-likeness (QED) is 0.770. The molecule has 0 amide bonds. The highest BCUT2D eigenvalue weighted by molar-refractivity contribution is 7.80. The summed E-state index contributed by atoms with van der Waals surface area (Å²) in [6.07, 6.45) is 1.28. The largest absolute Gasteiger partial charge is 0.374 e. The minimum atomic E-state index is -0.463. The van der Waals surface area contributed by atoms with Gasteiger partial charge in [0.25, 0.3) is 0 Å². The summed E-state index contributed by atoms with van der Waals surface area (Å²) in [5.41, 5.74) is 1.96. The molecule has 0 radical (unpaired) electrons. The van der Waals surface area contributed by atoms with Gasteiger partial charge in [-0.25, -0.2) is 0 Å². The monoisotopic (exact) mass is 270 g/mol. The molecule has 1 aliphatic heterocycles. The lowest BCUT2D eigenvalue weighted by molar-refractivity contribution is 0.0881. The number of hydrogen-bond donors (Lipinski definition) is 2. The van der Waals surface area contributed by atoms with Crippen molar-refractivity contribution in [3.63, 3.8) is 0 Å². The van der Waals surface area contributed by atoms with Crippen LogP contribution in [0, 0.1) is 6.92 Å². The van der Waals surface area contributed by atoms with Gasteiger partial charge in [-0.15, -0.1) is 0 Å². The summed E-state index contributed by atoms with van der Waals surface area (Å²) in [5, 5.41) is 14.1. The molecule has 1 aliphatic rings. The van der Waals surface area contributed by atoms with Gasteiger partial charge in [0.2, 0.25) is 0 Å². The fraction of sp³-hybridized carbons (Fsp3) is 0.417. The Morgan fingerprint density at radius 3 is 3.00 bits per heavy atom. The van der Waals surface area contributed by atoms with E-state index in [0.29, 0.717) is 10.1 Å². The lowest BCUT2D eigenvalue weighted by Crippen LogP contribution is -2.38. The van der Waals surface area contributed by atoms with Crippen molar-refractivity contribution in [2.24, 2.45) is 0 Å². The van der Waals surface area contributed by atoms with Crippen LogP contribution in [0.2, 0.25) is 5.02 Å². The number of halogens is 1. The molecule has 1 saturated heterocycles. The number of rotatable bonds is 1. The number of nitrogens with zero attached hydrogens (tertiary/aromatic N) is 1. The first-order chi connectivity index (χ1) is 8.08. The molecule has 5 heteroatoms. The predicted octanol–water partition coefficient (Wildman–Crippen LogP) is 2.76. The van der Waals surface area contributed by atoms with E-state index in [1.54, 1.807) is 4.90 Å². The average molecular weight is 271 g/mol. The summed E-state index contributed by atoms with van der Waals surface area (Å²) in [4.78, 5) is 1.80. The van der Waals surface area contributed by atoms with Crippen molar-refractivity contribution in [2.45, 2.75) is 26.0 Å². The second-order valence-electron chi connectivity index (χ2n) is 4.21. The summed E-state index contributed by atoms with van der Waals surface area (Å²) in [6, 6.07) is 5.62. The molecule has 17 heavy (non-hydrogen) atoms. The van der Waals surface area contributed by atoms with E-state index in [9.17, 15) is 5.11 Å². The fourth-order valence-electron chi connectivity index (χ4n) is 1.90. The van der Waals surface area contributed by atoms with Gasteiger partial charge in [0, 0.05) is 17.3 Å². The Hall–Kier alpha value is -0.840. The summed E-state index contributed by atoms with van der Waals surface area (Å²) >= 11 is 11.2. The maximum absolute atomic E-state index is 9.73. The molecule has 2 rings (SSSR count). The van der Waals surface area contributed by atoms with Gasteiger partial charge in [-0.2, -0.15) is 0 Å². The molecule has 2 N–H and O–H groups in total. The molecule has 0 unspecified atom stereocenters. The highest BCUT2D eigenvalue weighted by Crippen LogP contribution is 2.22. The number of aliphatic hydroxyl groups excluding tert-OH is 1. The average Bonchev–Trinajstić information content (AvgIpc) is 2.70. The minimum absolute atomic E-state index is 0.463. The van der Waals surface area contributed by atoms with Crippen LogP contribution in [0.1, 0.15) is 18.4 Å². The van der Waals surface area contributed by atoms with Crippen LogP contribution in [0.25, 0.3) is 0 Å².